The Labute approximate surface area is 134 Å². The van der Waals surface area contributed by atoms with E-state index in [1.807, 2.05) is 66.7 Å². The van der Waals surface area contributed by atoms with Crippen molar-refractivity contribution in [2.24, 2.45) is 0 Å². The van der Waals surface area contributed by atoms with Gasteiger partial charge in [-0.2, -0.15) is 0 Å². The molecule has 2 aromatic rings. The summed E-state index contributed by atoms with van der Waals surface area (Å²) >= 11 is 0. The SMILES string of the molecule is C=CC[C@H]1C[C@@H](C(O)(c2ccccc2)c2ccccc2)S1=O. The van der Waals surface area contributed by atoms with Crippen molar-refractivity contribution in [3.05, 3.63) is 84.4 Å². The molecule has 1 saturated heterocycles. The van der Waals surface area contributed by atoms with Gasteiger partial charge in [0.1, 0.15) is 5.60 Å². The van der Waals surface area contributed by atoms with Gasteiger partial charge in [-0.05, 0) is 24.0 Å². The topological polar surface area (TPSA) is 37.3 Å². The van der Waals surface area contributed by atoms with Crippen LogP contribution in [0.2, 0.25) is 0 Å². The van der Waals surface area contributed by atoms with Crippen molar-refractivity contribution < 1.29 is 9.32 Å². The molecular weight excluding hydrogens is 292 g/mol. The number of hydrogen-bond acceptors (Lipinski definition) is 2. The van der Waals surface area contributed by atoms with Crippen LogP contribution in [-0.2, 0) is 16.4 Å². The minimum atomic E-state index is -1.20. The van der Waals surface area contributed by atoms with Crippen molar-refractivity contribution in [1.82, 2.24) is 0 Å². The molecule has 0 saturated carbocycles. The van der Waals surface area contributed by atoms with E-state index in [1.54, 1.807) is 0 Å². The summed E-state index contributed by atoms with van der Waals surface area (Å²) < 4.78 is 12.6. The van der Waals surface area contributed by atoms with E-state index in [2.05, 4.69) is 6.58 Å². The Morgan fingerprint density at radius 3 is 2.00 bits per heavy atom. The van der Waals surface area contributed by atoms with Crippen LogP contribution < -0.4 is 0 Å². The fourth-order valence-corrected chi connectivity index (χ4v) is 5.02. The maximum atomic E-state index is 12.6. The molecule has 0 bridgehead atoms. The highest BCUT2D eigenvalue weighted by atomic mass is 32.2. The van der Waals surface area contributed by atoms with E-state index in [4.69, 9.17) is 0 Å². The van der Waals surface area contributed by atoms with Gasteiger partial charge >= 0.3 is 0 Å². The molecule has 0 amide bonds. The quantitative estimate of drug-likeness (QED) is 0.859. The van der Waals surface area contributed by atoms with E-state index in [0.29, 0.717) is 0 Å². The monoisotopic (exact) mass is 312 g/mol. The predicted molar refractivity (Wildman–Crippen MR) is 91.0 cm³/mol. The Hall–Kier alpha value is -1.71. The number of rotatable bonds is 5. The fraction of sp³-hybridized carbons (Fsp3) is 0.263. The summed E-state index contributed by atoms with van der Waals surface area (Å²) in [7, 11) is -1.06. The van der Waals surface area contributed by atoms with Crippen LogP contribution in [0, 0.1) is 0 Å². The van der Waals surface area contributed by atoms with Gasteiger partial charge in [-0.25, -0.2) is 0 Å². The molecule has 1 aliphatic heterocycles. The molecule has 2 aromatic carbocycles. The summed E-state index contributed by atoms with van der Waals surface area (Å²) in [4.78, 5) is 0. The molecule has 0 radical (unpaired) electrons. The van der Waals surface area contributed by atoms with Crippen LogP contribution in [0.4, 0.5) is 0 Å². The maximum Gasteiger partial charge on any atom is 0.129 e. The van der Waals surface area contributed by atoms with Gasteiger partial charge in [-0.15, -0.1) is 6.58 Å². The summed E-state index contributed by atoms with van der Waals surface area (Å²) in [6.45, 7) is 3.72. The molecule has 3 atom stereocenters. The van der Waals surface area contributed by atoms with Gasteiger partial charge in [0.2, 0.25) is 0 Å². The molecule has 0 spiro atoms. The zero-order valence-electron chi connectivity index (χ0n) is 12.4. The van der Waals surface area contributed by atoms with E-state index in [1.165, 1.54) is 0 Å². The second-order valence-electron chi connectivity index (χ2n) is 5.70. The van der Waals surface area contributed by atoms with E-state index < -0.39 is 16.4 Å². The van der Waals surface area contributed by atoms with Crippen LogP contribution in [0.15, 0.2) is 73.3 Å². The molecule has 0 aromatic heterocycles. The van der Waals surface area contributed by atoms with Gasteiger partial charge < -0.3 is 5.11 Å². The van der Waals surface area contributed by atoms with Crippen LogP contribution in [-0.4, -0.2) is 19.8 Å². The molecular formula is C19H20O2S. The highest BCUT2D eigenvalue weighted by Crippen LogP contribution is 2.44. The number of aliphatic hydroxyl groups is 1. The van der Waals surface area contributed by atoms with Gasteiger partial charge in [0, 0.05) is 16.0 Å². The van der Waals surface area contributed by atoms with Gasteiger partial charge in [0.25, 0.3) is 0 Å². The first kappa shape index (κ1) is 15.2. The van der Waals surface area contributed by atoms with Gasteiger partial charge in [0.15, 0.2) is 0 Å². The highest BCUT2D eigenvalue weighted by molar-refractivity contribution is 7.87. The van der Waals surface area contributed by atoms with Crippen molar-refractivity contribution in [2.45, 2.75) is 28.9 Å². The first-order valence-electron chi connectivity index (χ1n) is 7.51. The van der Waals surface area contributed by atoms with E-state index in [-0.39, 0.29) is 10.5 Å². The third-order valence-electron chi connectivity index (χ3n) is 4.41. The smallest absolute Gasteiger partial charge is 0.129 e. The average Bonchev–Trinajstić information content (AvgIpc) is 2.59. The molecule has 114 valence electrons. The number of benzene rings is 2. The van der Waals surface area contributed by atoms with Crippen LogP contribution in [0.1, 0.15) is 24.0 Å². The van der Waals surface area contributed by atoms with Crippen molar-refractivity contribution >= 4 is 10.8 Å². The van der Waals surface area contributed by atoms with Crippen molar-refractivity contribution in [3.8, 4) is 0 Å². The van der Waals surface area contributed by atoms with Crippen LogP contribution >= 0.6 is 0 Å². The van der Waals surface area contributed by atoms with Gasteiger partial charge in [0.05, 0.1) is 5.25 Å². The maximum absolute atomic E-state index is 12.6. The van der Waals surface area contributed by atoms with Gasteiger partial charge in [-0.1, -0.05) is 66.7 Å². The van der Waals surface area contributed by atoms with E-state index >= 15 is 0 Å². The first-order valence-corrected chi connectivity index (χ1v) is 8.79. The normalized spacial score (nSPS) is 24.5. The van der Waals surface area contributed by atoms with Crippen LogP contribution in [0.25, 0.3) is 0 Å². The lowest BCUT2D eigenvalue weighted by Crippen LogP contribution is -2.54. The second kappa shape index (κ2) is 6.19. The summed E-state index contributed by atoms with van der Waals surface area (Å²) in [5, 5.41) is 11.3. The number of hydrogen-bond donors (Lipinski definition) is 1. The van der Waals surface area contributed by atoms with Crippen molar-refractivity contribution in [3.63, 3.8) is 0 Å². The van der Waals surface area contributed by atoms with Crippen molar-refractivity contribution in [2.75, 3.05) is 0 Å². The Bertz CT molecular complexity index is 627. The Morgan fingerprint density at radius 2 is 1.59 bits per heavy atom. The average molecular weight is 312 g/mol. The van der Waals surface area contributed by atoms with E-state index in [9.17, 15) is 9.32 Å². The highest BCUT2D eigenvalue weighted by Gasteiger charge is 2.52. The lowest BCUT2D eigenvalue weighted by molar-refractivity contribution is 0.0675. The minimum absolute atomic E-state index is 0.112. The fourth-order valence-electron chi connectivity index (χ4n) is 3.18. The minimum Gasteiger partial charge on any atom is -0.379 e. The first-order chi connectivity index (χ1) is 10.7. The second-order valence-corrected chi connectivity index (χ2v) is 7.59. The lowest BCUT2D eigenvalue weighted by atomic mass is 9.81. The molecule has 22 heavy (non-hydrogen) atoms. The zero-order valence-corrected chi connectivity index (χ0v) is 13.2. The summed E-state index contributed by atoms with van der Waals surface area (Å²) in [5.41, 5.74) is 0.401. The van der Waals surface area contributed by atoms with Crippen LogP contribution in [0.5, 0.6) is 0 Å². The molecule has 0 aliphatic carbocycles. The molecule has 3 heteroatoms. The lowest BCUT2D eigenvalue weighted by Gasteiger charge is -2.45. The molecule has 1 fully saturated rings. The third kappa shape index (κ3) is 2.44. The van der Waals surface area contributed by atoms with Crippen molar-refractivity contribution in [1.29, 1.82) is 0 Å². The predicted octanol–water partition coefficient (Wildman–Crippen LogP) is 3.39. The summed E-state index contributed by atoms with van der Waals surface area (Å²) in [5.74, 6) is 0. The molecule has 1 N–H and O–H groups in total. The molecule has 1 heterocycles. The molecule has 1 unspecified atom stereocenters. The zero-order chi connectivity index (χ0) is 15.6. The largest absolute Gasteiger partial charge is 0.379 e. The van der Waals surface area contributed by atoms with E-state index in [0.717, 1.165) is 24.0 Å². The Kier molecular flexibility index (Phi) is 4.27. The third-order valence-corrected chi connectivity index (χ3v) is 6.55. The van der Waals surface area contributed by atoms with Gasteiger partial charge in [-0.3, -0.25) is 4.21 Å². The Morgan fingerprint density at radius 1 is 1.09 bits per heavy atom. The standard InChI is InChI=1S/C19H20O2S/c1-2-9-17-14-18(22(17)21)19(20,15-10-5-3-6-11-15)16-12-7-4-8-13-16/h2-8,10-13,17-18,20H,1,9,14H2/t17-,18-,22?/m0/s1. The molecule has 2 nitrogen and oxygen atoms in total. The van der Waals surface area contributed by atoms with Crippen LogP contribution in [0.3, 0.4) is 0 Å². The Balaban J connectivity index is 2.02. The molecule has 3 rings (SSSR count). The number of allylic oxidation sites excluding steroid dienone is 1. The summed E-state index contributed by atoms with van der Waals surface area (Å²) in [6.07, 6.45) is 3.30. The summed E-state index contributed by atoms with van der Waals surface area (Å²) in [6, 6.07) is 19.1. The molecule has 1 aliphatic rings.